The second-order valence-corrected chi connectivity index (χ2v) is 6.24. The number of hydrogen-bond acceptors (Lipinski definition) is 5. The van der Waals surface area contributed by atoms with Crippen LogP contribution in [-0.2, 0) is 7.05 Å². The number of ether oxygens (including phenoxy) is 2. The number of aryl methyl sites for hydroxylation is 1. The van der Waals surface area contributed by atoms with Crippen LogP contribution < -0.4 is 20.3 Å². The van der Waals surface area contributed by atoms with E-state index in [1.165, 1.54) is 28.8 Å². The number of nitrogens with zero attached hydrogens (tertiary/aromatic N) is 2. The molecule has 2 rings (SSSR count). The Labute approximate surface area is 163 Å². The fraction of sp³-hybridized carbons (Fsp3) is 0.350. The summed E-state index contributed by atoms with van der Waals surface area (Å²) >= 11 is 0. The van der Waals surface area contributed by atoms with Gasteiger partial charge in [0, 0.05) is 32.9 Å². The number of benzene rings is 1. The first-order valence-electron chi connectivity index (χ1n) is 8.91. The van der Waals surface area contributed by atoms with Crippen LogP contribution in [0.4, 0.5) is 5.69 Å². The molecule has 1 aromatic heterocycles. The third-order valence-corrected chi connectivity index (χ3v) is 3.89. The highest BCUT2D eigenvalue weighted by Crippen LogP contribution is 2.28. The summed E-state index contributed by atoms with van der Waals surface area (Å²) in [6, 6.07) is 6.17. The van der Waals surface area contributed by atoms with Crippen molar-refractivity contribution in [1.82, 2.24) is 9.47 Å². The number of anilines is 1. The first kappa shape index (κ1) is 21.0. The first-order chi connectivity index (χ1) is 13.3. The van der Waals surface area contributed by atoms with E-state index in [1.54, 1.807) is 32.3 Å². The van der Waals surface area contributed by atoms with Gasteiger partial charge in [-0.3, -0.25) is 14.4 Å². The summed E-state index contributed by atoms with van der Waals surface area (Å²) in [6.45, 7) is 4.57. The molecule has 2 amide bonds. The molecule has 0 bridgehead atoms. The maximum atomic E-state index is 12.7. The number of hydrogen-bond donors (Lipinski definition) is 1. The Kier molecular flexibility index (Phi) is 6.81. The normalized spacial score (nSPS) is 10.3. The lowest BCUT2D eigenvalue weighted by Gasteiger charge is -2.14. The minimum Gasteiger partial charge on any atom is -0.490 e. The molecular weight excluding hydrogens is 362 g/mol. The number of amides is 2. The molecular formula is C20H25N3O5. The lowest BCUT2D eigenvalue weighted by Crippen LogP contribution is -2.28. The first-order valence-corrected chi connectivity index (χ1v) is 8.91. The van der Waals surface area contributed by atoms with Gasteiger partial charge in [0.2, 0.25) is 0 Å². The van der Waals surface area contributed by atoms with Crippen LogP contribution in [0.3, 0.4) is 0 Å². The van der Waals surface area contributed by atoms with Gasteiger partial charge >= 0.3 is 0 Å². The molecule has 0 aliphatic heterocycles. The van der Waals surface area contributed by atoms with E-state index in [1.807, 2.05) is 13.8 Å². The molecule has 8 heteroatoms. The van der Waals surface area contributed by atoms with Crippen LogP contribution in [0.15, 0.2) is 35.3 Å². The minimum absolute atomic E-state index is 0.0204. The van der Waals surface area contributed by atoms with E-state index in [0.29, 0.717) is 35.8 Å². The van der Waals surface area contributed by atoms with Crippen molar-refractivity contribution in [3.63, 3.8) is 0 Å². The number of carbonyl (C=O) groups excluding carboxylic acids is 2. The summed E-state index contributed by atoms with van der Waals surface area (Å²) in [6.07, 6.45) is 1.43. The number of pyridine rings is 1. The smallest absolute Gasteiger partial charge is 0.274 e. The Bertz CT molecular complexity index is 934. The largest absolute Gasteiger partial charge is 0.490 e. The highest BCUT2D eigenvalue weighted by atomic mass is 16.5. The third-order valence-electron chi connectivity index (χ3n) is 3.89. The average Bonchev–Trinajstić information content (AvgIpc) is 2.66. The van der Waals surface area contributed by atoms with Gasteiger partial charge in [-0.15, -0.1) is 0 Å². The molecule has 0 saturated carbocycles. The van der Waals surface area contributed by atoms with E-state index in [0.717, 1.165) is 0 Å². The van der Waals surface area contributed by atoms with Gasteiger partial charge in [-0.25, -0.2) is 0 Å². The maximum Gasteiger partial charge on any atom is 0.274 e. The predicted octanol–water partition coefficient (Wildman–Crippen LogP) is 2.14. The van der Waals surface area contributed by atoms with Crippen molar-refractivity contribution in [3.05, 3.63) is 51.9 Å². The van der Waals surface area contributed by atoms with Crippen molar-refractivity contribution >= 4 is 17.5 Å². The zero-order valence-electron chi connectivity index (χ0n) is 16.7. The van der Waals surface area contributed by atoms with Gasteiger partial charge in [-0.05, 0) is 38.1 Å². The zero-order chi connectivity index (χ0) is 20.8. The van der Waals surface area contributed by atoms with Crippen LogP contribution in [0.2, 0.25) is 0 Å². The van der Waals surface area contributed by atoms with Crippen molar-refractivity contribution in [2.45, 2.75) is 13.8 Å². The molecule has 1 N–H and O–H groups in total. The van der Waals surface area contributed by atoms with Crippen molar-refractivity contribution in [3.8, 4) is 11.5 Å². The van der Waals surface area contributed by atoms with Gasteiger partial charge < -0.3 is 24.3 Å². The topological polar surface area (TPSA) is 89.9 Å². The summed E-state index contributed by atoms with van der Waals surface area (Å²) in [5, 5.41) is 2.58. The highest BCUT2D eigenvalue weighted by molar-refractivity contribution is 6.05. The molecule has 28 heavy (non-hydrogen) atoms. The standard InChI is InChI=1S/C20H25N3O5/c1-6-27-16-9-8-13(11-17(16)28-7-2)18(24)21-15-10-14(19(25)22(3)4)12-23(5)20(15)26/h8-12H,6-7H2,1-5H3,(H,21,24). The summed E-state index contributed by atoms with van der Waals surface area (Å²) in [4.78, 5) is 38.6. The lowest BCUT2D eigenvalue weighted by atomic mass is 10.1. The number of carbonyl (C=O) groups is 2. The molecule has 8 nitrogen and oxygen atoms in total. The van der Waals surface area contributed by atoms with Crippen LogP contribution >= 0.6 is 0 Å². The van der Waals surface area contributed by atoms with E-state index in [-0.39, 0.29) is 11.6 Å². The Morgan fingerprint density at radius 2 is 1.68 bits per heavy atom. The number of aromatic nitrogens is 1. The van der Waals surface area contributed by atoms with E-state index in [4.69, 9.17) is 9.47 Å². The summed E-state index contributed by atoms with van der Waals surface area (Å²) in [7, 11) is 4.75. The van der Waals surface area contributed by atoms with Gasteiger partial charge in [-0.2, -0.15) is 0 Å². The molecule has 150 valence electrons. The average molecular weight is 387 g/mol. The van der Waals surface area contributed by atoms with E-state index >= 15 is 0 Å². The maximum absolute atomic E-state index is 12.7. The van der Waals surface area contributed by atoms with Gasteiger partial charge in [0.1, 0.15) is 5.69 Å². The molecule has 0 atom stereocenters. The quantitative estimate of drug-likeness (QED) is 0.786. The molecule has 2 aromatic rings. The van der Waals surface area contributed by atoms with Gasteiger partial charge in [0.05, 0.1) is 18.8 Å². The monoisotopic (exact) mass is 387 g/mol. The molecule has 0 spiro atoms. The predicted molar refractivity (Wildman–Crippen MR) is 106 cm³/mol. The Morgan fingerprint density at radius 3 is 2.29 bits per heavy atom. The van der Waals surface area contributed by atoms with Crippen LogP contribution in [0.25, 0.3) is 0 Å². The van der Waals surface area contributed by atoms with Crippen molar-refractivity contribution in [2.75, 3.05) is 32.6 Å². The van der Waals surface area contributed by atoms with Crippen LogP contribution in [0, 0.1) is 0 Å². The molecule has 1 heterocycles. The minimum atomic E-state index is -0.490. The fourth-order valence-electron chi connectivity index (χ4n) is 2.56. The molecule has 0 fully saturated rings. The zero-order valence-corrected chi connectivity index (χ0v) is 16.7. The molecule has 0 saturated heterocycles. The Balaban J connectivity index is 2.35. The second-order valence-electron chi connectivity index (χ2n) is 6.24. The summed E-state index contributed by atoms with van der Waals surface area (Å²) in [5.74, 6) is 0.221. The second kappa shape index (κ2) is 9.07. The number of rotatable bonds is 7. The molecule has 0 aliphatic carbocycles. The Morgan fingerprint density at radius 1 is 1.04 bits per heavy atom. The third kappa shape index (κ3) is 4.70. The lowest BCUT2D eigenvalue weighted by molar-refractivity contribution is 0.0826. The van der Waals surface area contributed by atoms with Crippen LogP contribution in [0.5, 0.6) is 11.5 Å². The van der Waals surface area contributed by atoms with Crippen LogP contribution in [-0.4, -0.2) is 48.6 Å². The van der Waals surface area contributed by atoms with Gasteiger partial charge in [0.25, 0.3) is 17.4 Å². The molecule has 1 aromatic carbocycles. The van der Waals surface area contributed by atoms with Crippen molar-refractivity contribution in [2.24, 2.45) is 7.05 Å². The van der Waals surface area contributed by atoms with Gasteiger partial charge in [-0.1, -0.05) is 0 Å². The molecule has 0 radical (unpaired) electrons. The van der Waals surface area contributed by atoms with E-state index in [9.17, 15) is 14.4 Å². The van der Waals surface area contributed by atoms with Crippen molar-refractivity contribution < 1.29 is 19.1 Å². The van der Waals surface area contributed by atoms with Crippen LogP contribution in [0.1, 0.15) is 34.6 Å². The van der Waals surface area contributed by atoms with Gasteiger partial charge in [0.15, 0.2) is 11.5 Å². The number of nitrogens with one attached hydrogen (secondary N) is 1. The highest BCUT2D eigenvalue weighted by Gasteiger charge is 2.16. The summed E-state index contributed by atoms with van der Waals surface area (Å²) in [5.41, 5.74) is 0.203. The van der Waals surface area contributed by atoms with E-state index < -0.39 is 11.5 Å². The molecule has 0 unspecified atom stereocenters. The van der Waals surface area contributed by atoms with E-state index in [2.05, 4.69) is 5.32 Å². The molecule has 0 aliphatic rings. The Hall–Kier alpha value is -3.29. The fourth-order valence-corrected chi connectivity index (χ4v) is 2.56. The van der Waals surface area contributed by atoms with Crippen molar-refractivity contribution in [1.29, 1.82) is 0 Å². The summed E-state index contributed by atoms with van der Waals surface area (Å²) < 4.78 is 12.3. The SMILES string of the molecule is CCOc1ccc(C(=O)Nc2cc(C(=O)N(C)C)cn(C)c2=O)cc1OCC.